The maximum absolute atomic E-state index is 13.0. The van der Waals surface area contributed by atoms with Crippen molar-refractivity contribution in [2.45, 2.75) is 19.3 Å². The van der Waals surface area contributed by atoms with Gasteiger partial charge in [-0.1, -0.05) is 60.7 Å². The molecule has 0 unspecified atom stereocenters. The first kappa shape index (κ1) is 18.2. The van der Waals surface area contributed by atoms with Gasteiger partial charge < -0.3 is 4.90 Å². The van der Waals surface area contributed by atoms with Crippen molar-refractivity contribution in [3.8, 4) is 0 Å². The lowest BCUT2D eigenvalue weighted by Crippen LogP contribution is -2.29. The second-order valence-electron chi connectivity index (χ2n) is 9.67. The summed E-state index contributed by atoms with van der Waals surface area (Å²) in [6.07, 6.45) is 4.50. The number of nitrogens with zero attached hydrogens (tertiary/aromatic N) is 1. The molecule has 0 aromatic heterocycles. The average molecular weight is 437 g/mol. The monoisotopic (exact) mass is 437 g/mol. The minimum atomic E-state index is -0.173. The second kappa shape index (κ2) is 6.21. The van der Waals surface area contributed by atoms with Gasteiger partial charge in [-0.2, -0.15) is 0 Å². The molecule has 160 valence electrons. The highest BCUT2D eigenvalue weighted by Crippen LogP contribution is 2.55. The SMILES string of the molecule is O=C1C(=Cc2cc3c4c(c2)Cc2cccc5c2N4c2c(cccc2C3)C5)C(=O)c2ccccc21. The molecule has 34 heavy (non-hydrogen) atoms. The summed E-state index contributed by atoms with van der Waals surface area (Å²) in [7, 11) is 0. The molecule has 3 aliphatic heterocycles. The summed E-state index contributed by atoms with van der Waals surface area (Å²) in [5, 5.41) is 0. The molecule has 4 aliphatic rings. The van der Waals surface area contributed by atoms with Crippen molar-refractivity contribution in [3.63, 3.8) is 0 Å². The van der Waals surface area contributed by atoms with Gasteiger partial charge >= 0.3 is 0 Å². The van der Waals surface area contributed by atoms with E-state index in [2.05, 4.69) is 53.4 Å². The molecule has 3 nitrogen and oxygen atoms in total. The fraction of sp³-hybridized carbons (Fsp3) is 0.0968. The Labute approximate surface area is 197 Å². The number of carbonyl (C=O) groups is 2. The normalized spacial score (nSPS) is 15.9. The standard InChI is InChI=1S/C31H19NO2/c33-30-24-9-1-2-10-25(24)31(34)26(30)13-17-11-22-15-20-7-3-5-18-14-19-6-4-8-21-16-23(12-17)29(22)32(27(18)20)28(19)21/h1-13H,14-16H2. The number of allylic oxidation sites excluding steroid dienone is 1. The van der Waals surface area contributed by atoms with Crippen molar-refractivity contribution in [2.75, 3.05) is 4.90 Å². The Morgan fingerprint density at radius 1 is 0.559 bits per heavy atom. The Kier molecular flexibility index (Phi) is 3.32. The number of ketones is 2. The van der Waals surface area contributed by atoms with Crippen molar-refractivity contribution in [1.82, 2.24) is 0 Å². The predicted octanol–water partition coefficient (Wildman–Crippen LogP) is 6.33. The van der Waals surface area contributed by atoms with Gasteiger partial charge in [0, 0.05) is 30.4 Å². The van der Waals surface area contributed by atoms with Crippen LogP contribution >= 0.6 is 0 Å². The summed E-state index contributed by atoms with van der Waals surface area (Å²) in [6.45, 7) is 0. The van der Waals surface area contributed by atoms with E-state index in [0.29, 0.717) is 11.1 Å². The van der Waals surface area contributed by atoms with E-state index >= 15 is 0 Å². The van der Waals surface area contributed by atoms with E-state index in [1.807, 2.05) is 12.1 Å². The third-order valence-corrected chi connectivity index (χ3v) is 7.73. The highest BCUT2D eigenvalue weighted by Gasteiger charge is 2.37. The molecule has 0 spiro atoms. The number of fused-ring (bicyclic) bond motifs is 1. The van der Waals surface area contributed by atoms with Crippen LogP contribution in [-0.4, -0.2) is 11.6 Å². The van der Waals surface area contributed by atoms with Crippen LogP contribution in [0.15, 0.2) is 78.4 Å². The average Bonchev–Trinajstić information content (AvgIpc) is 3.09. The third-order valence-electron chi connectivity index (χ3n) is 7.73. The molecule has 3 heterocycles. The van der Waals surface area contributed by atoms with E-state index in [-0.39, 0.29) is 17.1 Å². The van der Waals surface area contributed by atoms with E-state index in [1.165, 1.54) is 50.4 Å². The van der Waals surface area contributed by atoms with Crippen molar-refractivity contribution in [2.24, 2.45) is 0 Å². The first-order valence-electron chi connectivity index (χ1n) is 11.7. The van der Waals surface area contributed by atoms with E-state index in [0.717, 1.165) is 24.8 Å². The minimum absolute atomic E-state index is 0.173. The zero-order chi connectivity index (χ0) is 22.6. The summed E-state index contributed by atoms with van der Waals surface area (Å²) in [6, 6.07) is 24.8. The molecule has 0 saturated heterocycles. The van der Waals surface area contributed by atoms with Crippen LogP contribution < -0.4 is 4.90 Å². The number of hydrogen-bond donors (Lipinski definition) is 0. The van der Waals surface area contributed by atoms with Gasteiger partial charge in [0.05, 0.1) is 22.6 Å². The van der Waals surface area contributed by atoms with E-state index in [1.54, 1.807) is 18.2 Å². The van der Waals surface area contributed by atoms with Gasteiger partial charge in [0.1, 0.15) is 0 Å². The molecule has 0 bridgehead atoms. The molecule has 0 saturated carbocycles. The summed E-state index contributed by atoms with van der Waals surface area (Å²) in [5.74, 6) is -0.346. The smallest absolute Gasteiger partial charge is 0.197 e. The topological polar surface area (TPSA) is 37.4 Å². The van der Waals surface area contributed by atoms with Gasteiger partial charge in [-0.3, -0.25) is 9.59 Å². The van der Waals surface area contributed by atoms with Crippen LogP contribution in [0.2, 0.25) is 0 Å². The molecule has 0 fully saturated rings. The van der Waals surface area contributed by atoms with Crippen LogP contribution in [0.5, 0.6) is 0 Å². The molecular formula is C31H19NO2. The second-order valence-corrected chi connectivity index (χ2v) is 9.67. The molecule has 1 aliphatic carbocycles. The largest absolute Gasteiger partial charge is 0.309 e. The lowest BCUT2D eigenvalue weighted by Gasteiger charge is -2.44. The first-order valence-corrected chi connectivity index (χ1v) is 11.7. The van der Waals surface area contributed by atoms with Crippen LogP contribution in [0.3, 0.4) is 0 Å². The highest BCUT2D eigenvalue weighted by molar-refractivity contribution is 6.41. The van der Waals surface area contributed by atoms with Crippen molar-refractivity contribution >= 4 is 34.7 Å². The lowest BCUT2D eigenvalue weighted by molar-refractivity contribution is 0.0990. The van der Waals surface area contributed by atoms with Gasteiger partial charge in [0.15, 0.2) is 11.6 Å². The Hall–Kier alpha value is -4.24. The van der Waals surface area contributed by atoms with Crippen LogP contribution in [-0.2, 0) is 19.3 Å². The third kappa shape index (κ3) is 2.21. The quantitative estimate of drug-likeness (QED) is 0.222. The van der Waals surface area contributed by atoms with Crippen LogP contribution in [0, 0.1) is 0 Å². The van der Waals surface area contributed by atoms with Crippen molar-refractivity contribution in [1.29, 1.82) is 0 Å². The summed E-state index contributed by atoms with van der Waals surface area (Å²) in [4.78, 5) is 28.5. The molecule has 0 amide bonds. The van der Waals surface area contributed by atoms with E-state index in [9.17, 15) is 9.59 Å². The number of Topliss-reactive ketones (excluding diaryl/α,β-unsaturated/α-hetero) is 2. The summed E-state index contributed by atoms with van der Waals surface area (Å²) < 4.78 is 0. The number of hydrogen-bond acceptors (Lipinski definition) is 3. The fourth-order valence-corrected chi connectivity index (χ4v) is 6.38. The predicted molar refractivity (Wildman–Crippen MR) is 133 cm³/mol. The lowest BCUT2D eigenvalue weighted by atomic mass is 9.79. The van der Waals surface area contributed by atoms with Gasteiger partial charge in [0.2, 0.25) is 0 Å². The molecule has 4 aromatic rings. The fourth-order valence-electron chi connectivity index (χ4n) is 6.38. The summed E-state index contributed by atoms with van der Waals surface area (Å²) in [5.41, 5.74) is 14.1. The number of anilines is 3. The number of benzene rings is 4. The van der Waals surface area contributed by atoms with E-state index < -0.39 is 0 Å². The zero-order valence-electron chi connectivity index (χ0n) is 18.4. The summed E-state index contributed by atoms with van der Waals surface area (Å²) >= 11 is 0. The van der Waals surface area contributed by atoms with Gasteiger partial charge in [-0.25, -0.2) is 0 Å². The molecular weight excluding hydrogens is 418 g/mol. The van der Waals surface area contributed by atoms with E-state index in [4.69, 9.17) is 0 Å². The van der Waals surface area contributed by atoms with Crippen molar-refractivity contribution < 1.29 is 9.59 Å². The Bertz CT molecular complexity index is 1560. The minimum Gasteiger partial charge on any atom is -0.309 e. The first-order chi connectivity index (χ1) is 16.7. The maximum Gasteiger partial charge on any atom is 0.197 e. The maximum atomic E-state index is 13.0. The molecule has 0 radical (unpaired) electrons. The van der Waals surface area contributed by atoms with Gasteiger partial charge in [-0.05, 0) is 57.2 Å². The van der Waals surface area contributed by atoms with Crippen LogP contribution in [0.25, 0.3) is 6.08 Å². The zero-order valence-corrected chi connectivity index (χ0v) is 18.4. The van der Waals surface area contributed by atoms with Gasteiger partial charge in [0.25, 0.3) is 0 Å². The van der Waals surface area contributed by atoms with Crippen LogP contribution in [0.1, 0.15) is 59.7 Å². The molecule has 8 rings (SSSR count). The van der Waals surface area contributed by atoms with Gasteiger partial charge in [-0.15, -0.1) is 0 Å². The number of para-hydroxylation sites is 2. The Morgan fingerprint density at radius 2 is 1.00 bits per heavy atom. The Balaban J connectivity index is 1.34. The van der Waals surface area contributed by atoms with Crippen LogP contribution in [0.4, 0.5) is 17.1 Å². The van der Waals surface area contributed by atoms with Crippen molar-refractivity contribution in [3.05, 3.63) is 128 Å². The molecule has 4 aromatic carbocycles. The highest BCUT2D eigenvalue weighted by atomic mass is 16.2. The molecule has 0 N–H and O–H groups in total. The molecule has 3 heteroatoms. The Morgan fingerprint density at radius 3 is 1.50 bits per heavy atom. The number of rotatable bonds is 1. The number of carbonyl (C=O) groups excluding carboxylic acids is 2. The molecule has 0 atom stereocenters.